The van der Waals surface area contributed by atoms with E-state index in [4.69, 9.17) is 0 Å². The van der Waals surface area contributed by atoms with Crippen molar-refractivity contribution in [3.05, 3.63) is 40.1 Å². The summed E-state index contributed by atoms with van der Waals surface area (Å²) in [5.41, 5.74) is 2.25. The first-order chi connectivity index (χ1) is 6.40. The van der Waals surface area contributed by atoms with Crippen LogP contribution in [0.1, 0.15) is 17.7 Å². The van der Waals surface area contributed by atoms with E-state index in [1.165, 1.54) is 10.5 Å². The van der Waals surface area contributed by atoms with Crippen molar-refractivity contribution >= 4 is 23.2 Å². The zero-order valence-electron chi connectivity index (χ0n) is 7.19. The number of allylic oxidation sites excluding steroid dienone is 4. The Kier molecular flexibility index (Phi) is 2.41. The molecule has 0 radical (unpaired) electrons. The predicted molar refractivity (Wildman–Crippen MR) is 55.7 cm³/mol. The molecule has 1 aliphatic carbocycles. The highest BCUT2D eigenvalue weighted by molar-refractivity contribution is 7.11. The van der Waals surface area contributed by atoms with E-state index in [9.17, 15) is 4.79 Å². The lowest BCUT2D eigenvalue weighted by Gasteiger charge is -2.08. The molecule has 2 heteroatoms. The van der Waals surface area contributed by atoms with Gasteiger partial charge in [0, 0.05) is 4.88 Å². The molecule has 13 heavy (non-hydrogen) atoms. The number of carbonyl (C=O) groups excluding carboxylic acids is 1. The Morgan fingerprint density at radius 3 is 2.77 bits per heavy atom. The van der Waals surface area contributed by atoms with Gasteiger partial charge in [0.1, 0.15) is 6.29 Å². The molecule has 1 aromatic rings. The highest BCUT2D eigenvalue weighted by Crippen LogP contribution is 2.28. The first-order valence-electron chi connectivity index (χ1n) is 4.29. The highest BCUT2D eigenvalue weighted by atomic mass is 32.1. The molecule has 1 heterocycles. The van der Waals surface area contributed by atoms with Crippen molar-refractivity contribution in [3.8, 4) is 0 Å². The molecule has 1 aromatic heterocycles. The fraction of sp³-hybridized carbons (Fsp3) is 0.182. The third kappa shape index (κ3) is 1.78. The lowest BCUT2D eigenvalue weighted by atomic mass is 9.98. The molecule has 0 fully saturated rings. The quantitative estimate of drug-likeness (QED) is 0.655. The molecule has 1 nitrogen and oxygen atoms in total. The van der Waals surface area contributed by atoms with Gasteiger partial charge in [0.05, 0.1) is 0 Å². The third-order valence-electron chi connectivity index (χ3n) is 2.17. The Bertz CT molecular complexity index is 357. The van der Waals surface area contributed by atoms with E-state index in [1.807, 2.05) is 6.08 Å². The number of thiophene rings is 1. The summed E-state index contributed by atoms with van der Waals surface area (Å²) in [6.07, 6.45) is 6.80. The lowest BCUT2D eigenvalue weighted by Crippen LogP contribution is -1.92. The molecular weight excluding hydrogens is 180 g/mol. The molecule has 0 spiro atoms. The summed E-state index contributed by atoms with van der Waals surface area (Å²) in [6.45, 7) is 0. The van der Waals surface area contributed by atoms with Crippen molar-refractivity contribution in [2.45, 2.75) is 12.8 Å². The number of carbonyl (C=O) groups is 1. The van der Waals surface area contributed by atoms with E-state index in [2.05, 4.69) is 23.6 Å². The first-order valence-corrected chi connectivity index (χ1v) is 5.17. The summed E-state index contributed by atoms with van der Waals surface area (Å²) < 4.78 is 0. The zero-order chi connectivity index (χ0) is 9.10. The number of hydrogen-bond donors (Lipinski definition) is 0. The van der Waals surface area contributed by atoms with Gasteiger partial charge in [-0.1, -0.05) is 18.2 Å². The standard InChI is InChI=1S/C11H10OS/c12-8-9-3-5-10(6-4-9)11-2-1-7-13-11/h1-3,5,7-8H,4,6H2. The normalized spacial score (nSPS) is 16.3. The second-order valence-electron chi connectivity index (χ2n) is 3.03. The summed E-state index contributed by atoms with van der Waals surface area (Å²) in [5, 5.41) is 2.08. The maximum Gasteiger partial charge on any atom is 0.146 e. The molecule has 0 aliphatic heterocycles. The molecule has 1 aliphatic rings. The predicted octanol–water partition coefficient (Wildman–Crippen LogP) is 3.05. The van der Waals surface area contributed by atoms with E-state index in [-0.39, 0.29) is 0 Å². The molecule has 0 unspecified atom stereocenters. The Morgan fingerprint density at radius 2 is 2.23 bits per heavy atom. The van der Waals surface area contributed by atoms with Gasteiger partial charge in [-0.2, -0.15) is 0 Å². The van der Waals surface area contributed by atoms with Gasteiger partial charge in [0.2, 0.25) is 0 Å². The van der Waals surface area contributed by atoms with Crippen LogP contribution in [-0.4, -0.2) is 6.29 Å². The highest BCUT2D eigenvalue weighted by Gasteiger charge is 2.07. The van der Waals surface area contributed by atoms with Gasteiger partial charge in [0.15, 0.2) is 0 Å². The van der Waals surface area contributed by atoms with Crippen molar-refractivity contribution in [2.24, 2.45) is 0 Å². The maximum atomic E-state index is 10.5. The van der Waals surface area contributed by atoms with Crippen LogP contribution in [0.2, 0.25) is 0 Å². The molecule has 0 bridgehead atoms. The summed E-state index contributed by atoms with van der Waals surface area (Å²) in [7, 11) is 0. The van der Waals surface area contributed by atoms with Crippen LogP contribution in [0.3, 0.4) is 0 Å². The molecule has 2 rings (SSSR count). The second kappa shape index (κ2) is 3.71. The van der Waals surface area contributed by atoms with Gasteiger partial charge in [-0.05, 0) is 35.4 Å². The summed E-state index contributed by atoms with van der Waals surface area (Å²) in [5.74, 6) is 0. The molecule has 66 valence electrons. The molecule has 0 saturated carbocycles. The van der Waals surface area contributed by atoms with Gasteiger partial charge in [-0.3, -0.25) is 4.79 Å². The fourth-order valence-corrected chi connectivity index (χ4v) is 2.20. The topological polar surface area (TPSA) is 17.1 Å². The Labute approximate surface area is 81.4 Å². The average Bonchev–Trinajstić information content (AvgIpc) is 2.71. The Hall–Kier alpha value is -1.15. The third-order valence-corrected chi connectivity index (χ3v) is 3.12. The molecule has 0 atom stereocenters. The molecule has 0 saturated heterocycles. The SMILES string of the molecule is O=CC1=CC=C(c2cccs2)CC1. The second-order valence-corrected chi connectivity index (χ2v) is 3.98. The van der Waals surface area contributed by atoms with Crippen molar-refractivity contribution in [1.29, 1.82) is 0 Å². The molecule has 0 aromatic carbocycles. The summed E-state index contributed by atoms with van der Waals surface area (Å²) in [4.78, 5) is 11.8. The summed E-state index contributed by atoms with van der Waals surface area (Å²) >= 11 is 1.75. The van der Waals surface area contributed by atoms with Crippen LogP contribution in [0.5, 0.6) is 0 Å². The minimum Gasteiger partial charge on any atom is -0.298 e. The minimum atomic E-state index is 0.882. The Balaban J connectivity index is 2.24. The van der Waals surface area contributed by atoms with Crippen molar-refractivity contribution in [3.63, 3.8) is 0 Å². The monoisotopic (exact) mass is 190 g/mol. The van der Waals surface area contributed by atoms with Gasteiger partial charge in [-0.25, -0.2) is 0 Å². The number of rotatable bonds is 2. The molecule has 0 amide bonds. The van der Waals surface area contributed by atoms with Crippen LogP contribution in [0.25, 0.3) is 5.57 Å². The van der Waals surface area contributed by atoms with Gasteiger partial charge >= 0.3 is 0 Å². The summed E-state index contributed by atoms with van der Waals surface area (Å²) in [6, 6.07) is 4.18. The van der Waals surface area contributed by atoms with E-state index in [1.54, 1.807) is 11.3 Å². The van der Waals surface area contributed by atoms with Crippen molar-refractivity contribution in [1.82, 2.24) is 0 Å². The van der Waals surface area contributed by atoms with E-state index < -0.39 is 0 Å². The van der Waals surface area contributed by atoms with E-state index in [0.29, 0.717) is 0 Å². The zero-order valence-corrected chi connectivity index (χ0v) is 8.01. The molecule has 0 N–H and O–H groups in total. The van der Waals surface area contributed by atoms with Crippen LogP contribution in [-0.2, 0) is 4.79 Å². The first kappa shape index (κ1) is 8.45. The number of hydrogen-bond acceptors (Lipinski definition) is 2. The van der Waals surface area contributed by atoms with Crippen LogP contribution in [0.15, 0.2) is 35.2 Å². The van der Waals surface area contributed by atoms with Gasteiger partial charge in [0.25, 0.3) is 0 Å². The van der Waals surface area contributed by atoms with Crippen molar-refractivity contribution in [2.75, 3.05) is 0 Å². The van der Waals surface area contributed by atoms with Gasteiger partial charge < -0.3 is 0 Å². The lowest BCUT2D eigenvalue weighted by molar-refractivity contribution is -0.105. The van der Waals surface area contributed by atoms with Crippen LogP contribution >= 0.6 is 11.3 Å². The molecular formula is C11H10OS. The largest absolute Gasteiger partial charge is 0.298 e. The Morgan fingerprint density at radius 1 is 1.31 bits per heavy atom. The minimum absolute atomic E-state index is 0.882. The van der Waals surface area contributed by atoms with E-state index >= 15 is 0 Å². The van der Waals surface area contributed by atoms with Crippen LogP contribution < -0.4 is 0 Å². The van der Waals surface area contributed by atoms with E-state index in [0.717, 1.165) is 24.7 Å². The smallest absolute Gasteiger partial charge is 0.146 e. The van der Waals surface area contributed by atoms with Crippen LogP contribution in [0, 0.1) is 0 Å². The fourth-order valence-electron chi connectivity index (χ4n) is 1.42. The average molecular weight is 190 g/mol. The van der Waals surface area contributed by atoms with Crippen LogP contribution in [0.4, 0.5) is 0 Å². The van der Waals surface area contributed by atoms with Crippen molar-refractivity contribution < 1.29 is 4.79 Å². The van der Waals surface area contributed by atoms with Gasteiger partial charge in [-0.15, -0.1) is 11.3 Å². The number of aldehydes is 1. The maximum absolute atomic E-state index is 10.5.